The molecule has 0 aliphatic carbocycles. The number of aliphatic hydroxyl groups is 2. The smallest absolute Gasteiger partial charge is 0.0521 e. The molecule has 0 radical (unpaired) electrons. The normalized spacial score (nSPS) is 11.4. The molecular formula is C13H20O2. The van der Waals surface area contributed by atoms with Gasteiger partial charge >= 0.3 is 0 Å². The van der Waals surface area contributed by atoms with Crippen molar-refractivity contribution >= 4 is 0 Å². The monoisotopic (exact) mass is 208 g/mol. The van der Waals surface area contributed by atoms with Gasteiger partial charge in [-0.3, -0.25) is 0 Å². The molecule has 2 nitrogen and oxygen atoms in total. The minimum absolute atomic E-state index is 0.00162. The largest absolute Gasteiger partial charge is 0.396 e. The second-order valence-electron chi connectivity index (χ2n) is 4.33. The molecule has 0 bridgehead atoms. The van der Waals surface area contributed by atoms with Crippen molar-refractivity contribution in [3.8, 4) is 0 Å². The molecule has 0 saturated heterocycles. The first-order valence-electron chi connectivity index (χ1n) is 5.42. The molecule has 0 amide bonds. The molecule has 0 heterocycles. The van der Waals surface area contributed by atoms with Crippen LogP contribution < -0.4 is 0 Å². The average molecular weight is 208 g/mol. The molecule has 1 aromatic rings. The molecule has 2 heteroatoms. The Balaban J connectivity index is 3.02. The molecule has 0 spiro atoms. The molecule has 0 atom stereocenters. The molecule has 0 aliphatic rings. The molecule has 15 heavy (non-hydrogen) atoms. The van der Waals surface area contributed by atoms with E-state index in [1.54, 1.807) is 0 Å². The molecule has 2 N–H and O–H groups in total. The minimum Gasteiger partial charge on any atom is -0.396 e. The van der Waals surface area contributed by atoms with Gasteiger partial charge in [-0.15, -0.1) is 0 Å². The first kappa shape index (κ1) is 12.2. The highest BCUT2D eigenvalue weighted by molar-refractivity contribution is 5.35. The van der Waals surface area contributed by atoms with Crippen LogP contribution in [0.15, 0.2) is 18.2 Å². The summed E-state index contributed by atoms with van der Waals surface area (Å²) in [6, 6.07) is 6.23. The van der Waals surface area contributed by atoms with Crippen LogP contribution in [0, 0.1) is 6.92 Å². The second kappa shape index (κ2) is 5.29. The summed E-state index contributed by atoms with van der Waals surface area (Å²) in [7, 11) is 0. The van der Waals surface area contributed by atoms with Crippen molar-refractivity contribution in [1.29, 1.82) is 0 Å². The second-order valence-corrected chi connectivity index (χ2v) is 4.33. The zero-order valence-electron chi connectivity index (χ0n) is 9.70. The lowest BCUT2D eigenvalue weighted by molar-refractivity contribution is 0.192. The van der Waals surface area contributed by atoms with E-state index in [2.05, 4.69) is 26.0 Å². The van der Waals surface area contributed by atoms with Gasteiger partial charge in [-0.1, -0.05) is 32.0 Å². The van der Waals surface area contributed by atoms with E-state index in [-0.39, 0.29) is 19.1 Å². The van der Waals surface area contributed by atoms with Crippen molar-refractivity contribution in [3.05, 3.63) is 34.9 Å². The predicted molar refractivity (Wildman–Crippen MR) is 62.2 cm³/mol. The summed E-state index contributed by atoms with van der Waals surface area (Å²) in [5, 5.41) is 18.2. The Labute approximate surface area is 91.6 Å². The Morgan fingerprint density at radius 1 is 1.13 bits per heavy atom. The molecular weight excluding hydrogens is 188 g/mol. The van der Waals surface area contributed by atoms with E-state index in [1.165, 1.54) is 5.56 Å². The van der Waals surface area contributed by atoms with Gasteiger partial charge in [0, 0.05) is 5.92 Å². The fourth-order valence-corrected chi connectivity index (χ4v) is 1.77. The SMILES string of the molecule is Cc1cc(C(C)C)ccc1C(CO)CO. The maximum Gasteiger partial charge on any atom is 0.0521 e. The average Bonchev–Trinajstić information content (AvgIpc) is 2.21. The third kappa shape index (κ3) is 2.80. The lowest BCUT2D eigenvalue weighted by Gasteiger charge is -2.16. The van der Waals surface area contributed by atoms with Crippen molar-refractivity contribution < 1.29 is 10.2 Å². The number of hydrogen-bond acceptors (Lipinski definition) is 2. The first-order valence-corrected chi connectivity index (χ1v) is 5.42. The van der Waals surface area contributed by atoms with Crippen LogP contribution in [0.2, 0.25) is 0 Å². The van der Waals surface area contributed by atoms with Gasteiger partial charge in [0.1, 0.15) is 0 Å². The van der Waals surface area contributed by atoms with Crippen LogP contribution in [0.1, 0.15) is 42.4 Å². The van der Waals surface area contributed by atoms with E-state index in [9.17, 15) is 0 Å². The van der Waals surface area contributed by atoms with E-state index in [0.717, 1.165) is 11.1 Å². The molecule has 1 aromatic carbocycles. The summed E-state index contributed by atoms with van der Waals surface area (Å²) >= 11 is 0. The van der Waals surface area contributed by atoms with Crippen molar-refractivity contribution in [3.63, 3.8) is 0 Å². The number of hydrogen-bond donors (Lipinski definition) is 2. The van der Waals surface area contributed by atoms with Crippen LogP contribution >= 0.6 is 0 Å². The third-order valence-electron chi connectivity index (χ3n) is 2.84. The third-order valence-corrected chi connectivity index (χ3v) is 2.84. The molecule has 0 saturated carbocycles. The standard InChI is InChI=1S/C13H20O2/c1-9(2)11-4-5-13(10(3)6-11)12(7-14)8-15/h4-6,9,12,14-15H,7-8H2,1-3H3. The zero-order valence-corrected chi connectivity index (χ0v) is 9.70. The lowest BCUT2D eigenvalue weighted by atomic mass is 9.92. The molecule has 0 fully saturated rings. The topological polar surface area (TPSA) is 40.5 Å². The first-order chi connectivity index (χ1) is 7.10. The number of rotatable bonds is 4. The Morgan fingerprint density at radius 2 is 1.73 bits per heavy atom. The summed E-state index contributed by atoms with van der Waals surface area (Å²) in [4.78, 5) is 0. The highest BCUT2D eigenvalue weighted by atomic mass is 16.3. The van der Waals surface area contributed by atoms with Gasteiger partial charge in [0.15, 0.2) is 0 Å². The van der Waals surface area contributed by atoms with E-state index in [4.69, 9.17) is 10.2 Å². The van der Waals surface area contributed by atoms with Crippen LogP contribution in [-0.4, -0.2) is 23.4 Å². The van der Waals surface area contributed by atoms with E-state index in [0.29, 0.717) is 5.92 Å². The van der Waals surface area contributed by atoms with Crippen molar-refractivity contribution in [1.82, 2.24) is 0 Å². The summed E-state index contributed by atoms with van der Waals surface area (Å²) < 4.78 is 0. The van der Waals surface area contributed by atoms with Gasteiger partial charge in [0.25, 0.3) is 0 Å². The highest BCUT2D eigenvalue weighted by Gasteiger charge is 2.12. The Kier molecular flexibility index (Phi) is 4.30. The highest BCUT2D eigenvalue weighted by Crippen LogP contribution is 2.23. The van der Waals surface area contributed by atoms with E-state index >= 15 is 0 Å². The predicted octanol–water partition coefficient (Wildman–Crippen LogP) is 2.19. The van der Waals surface area contributed by atoms with Crippen molar-refractivity contribution in [2.24, 2.45) is 0 Å². The minimum atomic E-state index is -0.147. The molecule has 0 unspecified atom stereocenters. The maximum atomic E-state index is 9.12. The van der Waals surface area contributed by atoms with Crippen LogP contribution in [0.25, 0.3) is 0 Å². The molecule has 0 aliphatic heterocycles. The van der Waals surface area contributed by atoms with Gasteiger partial charge in [0.05, 0.1) is 13.2 Å². The quantitative estimate of drug-likeness (QED) is 0.796. The van der Waals surface area contributed by atoms with Crippen molar-refractivity contribution in [2.75, 3.05) is 13.2 Å². The molecule has 84 valence electrons. The molecule has 0 aromatic heterocycles. The maximum absolute atomic E-state index is 9.12. The fraction of sp³-hybridized carbons (Fsp3) is 0.538. The van der Waals surface area contributed by atoms with E-state index in [1.807, 2.05) is 13.0 Å². The number of benzene rings is 1. The van der Waals surface area contributed by atoms with Gasteiger partial charge in [-0.2, -0.15) is 0 Å². The van der Waals surface area contributed by atoms with Crippen LogP contribution in [0.3, 0.4) is 0 Å². The lowest BCUT2D eigenvalue weighted by Crippen LogP contribution is -2.10. The summed E-state index contributed by atoms with van der Waals surface area (Å²) in [6.45, 7) is 6.34. The van der Waals surface area contributed by atoms with Crippen LogP contribution in [0.4, 0.5) is 0 Å². The zero-order chi connectivity index (χ0) is 11.4. The number of aryl methyl sites for hydroxylation is 1. The Bertz CT molecular complexity index is 314. The van der Waals surface area contributed by atoms with Crippen LogP contribution in [0.5, 0.6) is 0 Å². The Hall–Kier alpha value is -0.860. The molecule has 1 rings (SSSR count). The fourth-order valence-electron chi connectivity index (χ4n) is 1.77. The van der Waals surface area contributed by atoms with Gasteiger partial charge in [0.2, 0.25) is 0 Å². The van der Waals surface area contributed by atoms with E-state index < -0.39 is 0 Å². The summed E-state index contributed by atoms with van der Waals surface area (Å²) in [5.41, 5.74) is 3.49. The summed E-state index contributed by atoms with van der Waals surface area (Å²) in [5.74, 6) is 0.366. The summed E-state index contributed by atoms with van der Waals surface area (Å²) in [6.07, 6.45) is 0. The van der Waals surface area contributed by atoms with Gasteiger partial charge < -0.3 is 10.2 Å². The van der Waals surface area contributed by atoms with Gasteiger partial charge in [-0.25, -0.2) is 0 Å². The van der Waals surface area contributed by atoms with Gasteiger partial charge in [-0.05, 0) is 29.5 Å². The number of aliphatic hydroxyl groups excluding tert-OH is 2. The van der Waals surface area contributed by atoms with Crippen LogP contribution in [-0.2, 0) is 0 Å². The van der Waals surface area contributed by atoms with Crippen molar-refractivity contribution in [2.45, 2.75) is 32.6 Å². The Morgan fingerprint density at radius 3 is 2.13 bits per heavy atom.